The monoisotopic (exact) mass is 210 g/mol. The minimum Gasteiger partial charge on any atom is -0.355 e. The number of carbonyl (C=O) groups is 1. The van der Waals surface area contributed by atoms with Crippen LogP contribution in [0.15, 0.2) is 0 Å². The number of nitrogens with two attached hydrogens (primary N) is 1. The molecule has 0 heterocycles. The van der Waals surface area contributed by atoms with Gasteiger partial charge >= 0.3 is 0 Å². The first kappa shape index (κ1) is 14.0. The van der Waals surface area contributed by atoms with Gasteiger partial charge in [0.15, 0.2) is 0 Å². The molecule has 0 rings (SSSR count). The van der Waals surface area contributed by atoms with Crippen LogP contribution in [0.2, 0.25) is 0 Å². The molecule has 0 aliphatic rings. The van der Waals surface area contributed by atoms with Crippen LogP contribution in [-0.2, 0) is 4.79 Å². The van der Waals surface area contributed by atoms with Gasteiger partial charge in [0.05, 0.1) is 6.04 Å². The SMILES string of the molecule is C#CCCCCNC(=O)C(N)CCCC. The Hall–Kier alpha value is -1.01. The van der Waals surface area contributed by atoms with Gasteiger partial charge in [0.25, 0.3) is 0 Å². The quantitative estimate of drug-likeness (QED) is 0.470. The minimum absolute atomic E-state index is 0.0378. The summed E-state index contributed by atoms with van der Waals surface area (Å²) in [6.07, 6.45) is 10.6. The van der Waals surface area contributed by atoms with E-state index in [1.807, 2.05) is 0 Å². The van der Waals surface area contributed by atoms with Crippen molar-refractivity contribution < 1.29 is 4.79 Å². The van der Waals surface area contributed by atoms with Gasteiger partial charge < -0.3 is 11.1 Å². The molecule has 0 saturated heterocycles. The lowest BCUT2D eigenvalue weighted by Gasteiger charge is -2.11. The lowest BCUT2D eigenvalue weighted by molar-refractivity contribution is -0.122. The molecule has 1 unspecified atom stereocenters. The van der Waals surface area contributed by atoms with Gasteiger partial charge in [-0.05, 0) is 19.3 Å². The molecule has 3 nitrogen and oxygen atoms in total. The minimum atomic E-state index is -0.349. The predicted molar refractivity (Wildman–Crippen MR) is 63.2 cm³/mol. The third-order valence-corrected chi connectivity index (χ3v) is 2.25. The van der Waals surface area contributed by atoms with Crippen molar-refractivity contribution in [3.05, 3.63) is 0 Å². The highest BCUT2D eigenvalue weighted by Gasteiger charge is 2.11. The van der Waals surface area contributed by atoms with Crippen LogP contribution in [-0.4, -0.2) is 18.5 Å². The Morgan fingerprint density at radius 1 is 1.47 bits per heavy atom. The van der Waals surface area contributed by atoms with E-state index in [4.69, 9.17) is 12.2 Å². The average Bonchev–Trinajstić information content (AvgIpc) is 2.25. The fraction of sp³-hybridized carbons (Fsp3) is 0.750. The van der Waals surface area contributed by atoms with E-state index in [2.05, 4.69) is 18.2 Å². The van der Waals surface area contributed by atoms with Gasteiger partial charge in [-0.3, -0.25) is 4.79 Å². The van der Waals surface area contributed by atoms with Crippen molar-refractivity contribution in [1.82, 2.24) is 5.32 Å². The second kappa shape index (κ2) is 9.54. The van der Waals surface area contributed by atoms with E-state index in [0.717, 1.165) is 38.5 Å². The maximum Gasteiger partial charge on any atom is 0.236 e. The number of carbonyl (C=O) groups excluding carboxylic acids is 1. The zero-order valence-electron chi connectivity index (χ0n) is 9.59. The van der Waals surface area contributed by atoms with E-state index >= 15 is 0 Å². The normalized spacial score (nSPS) is 11.8. The summed E-state index contributed by atoms with van der Waals surface area (Å²) in [7, 11) is 0. The highest BCUT2D eigenvalue weighted by atomic mass is 16.2. The van der Waals surface area contributed by atoms with E-state index in [0.29, 0.717) is 6.54 Å². The van der Waals surface area contributed by atoms with E-state index in [1.54, 1.807) is 0 Å². The van der Waals surface area contributed by atoms with E-state index < -0.39 is 0 Å². The van der Waals surface area contributed by atoms with Crippen molar-refractivity contribution >= 4 is 5.91 Å². The second-order valence-corrected chi connectivity index (χ2v) is 3.70. The fourth-order valence-electron chi connectivity index (χ4n) is 1.25. The van der Waals surface area contributed by atoms with Crippen LogP contribution in [0.3, 0.4) is 0 Å². The van der Waals surface area contributed by atoms with Crippen LogP contribution in [0.1, 0.15) is 45.4 Å². The van der Waals surface area contributed by atoms with E-state index in [1.165, 1.54) is 0 Å². The Morgan fingerprint density at radius 3 is 2.80 bits per heavy atom. The molecular formula is C12H22N2O. The molecule has 0 aromatic heterocycles. The Morgan fingerprint density at radius 2 is 2.20 bits per heavy atom. The van der Waals surface area contributed by atoms with Crippen LogP contribution in [0, 0.1) is 12.3 Å². The van der Waals surface area contributed by atoms with Gasteiger partial charge in [-0.2, -0.15) is 0 Å². The topological polar surface area (TPSA) is 55.1 Å². The summed E-state index contributed by atoms with van der Waals surface area (Å²) in [6, 6.07) is -0.349. The lowest BCUT2D eigenvalue weighted by Crippen LogP contribution is -2.40. The molecule has 15 heavy (non-hydrogen) atoms. The van der Waals surface area contributed by atoms with Gasteiger partial charge in [-0.25, -0.2) is 0 Å². The zero-order valence-corrected chi connectivity index (χ0v) is 9.59. The molecule has 0 aliphatic heterocycles. The van der Waals surface area contributed by atoms with Crippen LogP contribution >= 0.6 is 0 Å². The highest BCUT2D eigenvalue weighted by Crippen LogP contribution is 1.98. The van der Waals surface area contributed by atoms with Gasteiger partial charge in [0, 0.05) is 13.0 Å². The summed E-state index contributed by atoms with van der Waals surface area (Å²) < 4.78 is 0. The van der Waals surface area contributed by atoms with Gasteiger partial charge in [-0.1, -0.05) is 19.8 Å². The van der Waals surface area contributed by atoms with Crippen LogP contribution in [0.25, 0.3) is 0 Å². The number of rotatable bonds is 8. The maximum absolute atomic E-state index is 11.4. The molecule has 1 amide bonds. The van der Waals surface area contributed by atoms with Crippen molar-refractivity contribution in [1.29, 1.82) is 0 Å². The standard InChI is InChI=1S/C12H22N2O/c1-3-5-7-8-10-14-12(15)11(13)9-6-4-2/h1,11H,4-10,13H2,2H3,(H,14,15). The van der Waals surface area contributed by atoms with E-state index in [9.17, 15) is 4.79 Å². The number of unbranched alkanes of at least 4 members (excludes halogenated alkanes) is 3. The number of terminal acetylenes is 1. The third-order valence-electron chi connectivity index (χ3n) is 2.25. The number of nitrogens with one attached hydrogen (secondary N) is 1. The first-order chi connectivity index (χ1) is 7.22. The summed E-state index contributed by atoms with van der Waals surface area (Å²) in [6.45, 7) is 2.77. The Bertz CT molecular complexity index is 208. The summed E-state index contributed by atoms with van der Waals surface area (Å²) in [5.41, 5.74) is 5.70. The van der Waals surface area contributed by atoms with Crippen molar-refractivity contribution in [2.75, 3.05) is 6.54 Å². The Kier molecular flexibility index (Phi) is 8.90. The molecule has 3 heteroatoms. The van der Waals surface area contributed by atoms with Crippen molar-refractivity contribution in [2.24, 2.45) is 5.73 Å². The first-order valence-corrected chi connectivity index (χ1v) is 5.69. The molecule has 0 spiro atoms. The molecule has 3 N–H and O–H groups in total. The fourth-order valence-corrected chi connectivity index (χ4v) is 1.25. The van der Waals surface area contributed by atoms with Crippen molar-refractivity contribution in [3.8, 4) is 12.3 Å². The number of hydrogen-bond donors (Lipinski definition) is 2. The number of amides is 1. The molecular weight excluding hydrogens is 188 g/mol. The molecule has 0 aromatic rings. The largest absolute Gasteiger partial charge is 0.355 e. The van der Waals surface area contributed by atoms with Gasteiger partial charge in [0.1, 0.15) is 0 Å². The molecule has 86 valence electrons. The summed E-state index contributed by atoms with van der Waals surface area (Å²) >= 11 is 0. The first-order valence-electron chi connectivity index (χ1n) is 5.69. The van der Waals surface area contributed by atoms with Gasteiger partial charge in [-0.15, -0.1) is 12.3 Å². The van der Waals surface area contributed by atoms with Gasteiger partial charge in [0.2, 0.25) is 5.91 Å². The van der Waals surface area contributed by atoms with Crippen LogP contribution in [0.4, 0.5) is 0 Å². The Balaban J connectivity index is 3.43. The molecule has 1 atom stereocenters. The molecule has 0 radical (unpaired) electrons. The third kappa shape index (κ3) is 8.02. The molecule has 0 bridgehead atoms. The maximum atomic E-state index is 11.4. The lowest BCUT2D eigenvalue weighted by atomic mass is 10.1. The molecule has 0 fully saturated rings. The number of hydrogen-bond acceptors (Lipinski definition) is 2. The summed E-state index contributed by atoms with van der Waals surface area (Å²) in [5, 5.41) is 2.82. The molecule has 0 aromatic carbocycles. The second-order valence-electron chi connectivity index (χ2n) is 3.70. The molecule has 0 saturated carbocycles. The van der Waals surface area contributed by atoms with Crippen molar-refractivity contribution in [2.45, 2.75) is 51.5 Å². The van der Waals surface area contributed by atoms with E-state index in [-0.39, 0.29) is 11.9 Å². The molecule has 0 aliphatic carbocycles. The highest BCUT2D eigenvalue weighted by molar-refractivity contribution is 5.81. The predicted octanol–water partition coefficient (Wildman–Crippen LogP) is 1.42. The summed E-state index contributed by atoms with van der Waals surface area (Å²) in [5.74, 6) is 2.53. The Labute approximate surface area is 92.8 Å². The zero-order chi connectivity index (χ0) is 11.5. The average molecular weight is 210 g/mol. The van der Waals surface area contributed by atoms with Crippen molar-refractivity contribution in [3.63, 3.8) is 0 Å². The summed E-state index contributed by atoms with van der Waals surface area (Å²) in [4.78, 5) is 11.4. The van der Waals surface area contributed by atoms with Crippen LogP contribution < -0.4 is 11.1 Å². The smallest absolute Gasteiger partial charge is 0.236 e. The van der Waals surface area contributed by atoms with Crippen LogP contribution in [0.5, 0.6) is 0 Å².